The van der Waals surface area contributed by atoms with Gasteiger partial charge in [0.2, 0.25) is 0 Å². The minimum absolute atomic E-state index is 0.709. The van der Waals surface area contributed by atoms with Crippen molar-refractivity contribution < 1.29 is 9.47 Å². The zero-order chi connectivity index (χ0) is 16.9. The highest BCUT2D eigenvalue weighted by Gasteiger charge is 2.24. The molecule has 0 aromatic carbocycles. The van der Waals surface area contributed by atoms with Crippen molar-refractivity contribution in [3.8, 4) is 0 Å². The van der Waals surface area contributed by atoms with Crippen molar-refractivity contribution >= 4 is 0 Å². The molecule has 0 aliphatic carbocycles. The van der Waals surface area contributed by atoms with Crippen molar-refractivity contribution in [1.82, 2.24) is 14.8 Å². The Morgan fingerprint density at radius 3 is 2.92 bits per heavy atom. The van der Waals surface area contributed by atoms with Crippen LogP contribution in [0.2, 0.25) is 0 Å². The molecule has 0 radical (unpaired) electrons. The summed E-state index contributed by atoms with van der Waals surface area (Å²) in [5.41, 5.74) is 4.17. The predicted molar refractivity (Wildman–Crippen MR) is 97.5 cm³/mol. The quantitative estimate of drug-likeness (QED) is 0.708. The molecule has 4 rings (SSSR count). The van der Waals surface area contributed by atoms with E-state index in [0.717, 1.165) is 52.4 Å². The van der Waals surface area contributed by atoms with E-state index >= 15 is 0 Å². The minimum Gasteiger partial charge on any atom is -0.381 e. The molecule has 3 aliphatic rings. The van der Waals surface area contributed by atoms with Crippen molar-refractivity contribution in [2.24, 2.45) is 5.92 Å². The molecule has 0 amide bonds. The predicted octanol–water partition coefficient (Wildman–Crippen LogP) is 2.09. The van der Waals surface area contributed by atoms with Gasteiger partial charge in [-0.15, -0.1) is 0 Å². The van der Waals surface area contributed by atoms with Crippen LogP contribution in [0.15, 0.2) is 12.4 Å². The van der Waals surface area contributed by atoms with Crippen LogP contribution in [0.1, 0.15) is 36.0 Å². The van der Waals surface area contributed by atoms with Crippen LogP contribution in [0.3, 0.4) is 0 Å². The first-order valence-corrected chi connectivity index (χ1v) is 9.93. The summed E-state index contributed by atoms with van der Waals surface area (Å²) in [5.74, 6) is 0.714. The fourth-order valence-electron chi connectivity index (χ4n) is 4.38. The van der Waals surface area contributed by atoms with Gasteiger partial charge in [0.25, 0.3) is 0 Å². The Hall–Kier alpha value is -1.01. The molecular formula is C20H31N3O2. The summed E-state index contributed by atoms with van der Waals surface area (Å²) < 4.78 is 11.5. The topological polar surface area (TPSA) is 37.8 Å². The number of pyridine rings is 1. The number of aromatic nitrogens is 1. The summed E-state index contributed by atoms with van der Waals surface area (Å²) in [5, 5.41) is 0. The van der Waals surface area contributed by atoms with E-state index in [9.17, 15) is 0 Å². The van der Waals surface area contributed by atoms with Crippen LogP contribution in [0.5, 0.6) is 0 Å². The Morgan fingerprint density at radius 2 is 2.08 bits per heavy atom. The van der Waals surface area contributed by atoms with Gasteiger partial charge < -0.3 is 14.4 Å². The fourth-order valence-corrected chi connectivity index (χ4v) is 4.38. The number of nitrogens with zero attached hydrogens (tertiary/aromatic N) is 3. The third-order valence-corrected chi connectivity index (χ3v) is 5.86. The average Bonchev–Trinajstić information content (AvgIpc) is 3.32. The number of likely N-dealkylation sites (tertiary alicyclic amines) is 1. The van der Waals surface area contributed by atoms with Crippen molar-refractivity contribution in [3.63, 3.8) is 0 Å². The van der Waals surface area contributed by atoms with Gasteiger partial charge in [-0.1, -0.05) is 0 Å². The van der Waals surface area contributed by atoms with Gasteiger partial charge in [0, 0.05) is 45.2 Å². The SMILES string of the molecule is c1ncc2c(c1COCCN1CCCC1)CCN(CC1CCOC1)C2. The van der Waals surface area contributed by atoms with Crippen molar-refractivity contribution in [2.45, 2.75) is 38.8 Å². The molecule has 1 unspecified atom stereocenters. The van der Waals surface area contributed by atoms with Crippen LogP contribution in [0.4, 0.5) is 0 Å². The smallest absolute Gasteiger partial charge is 0.0735 e. The number of rotatable bonds is 7. The molecule has 0 saturated carbocycles. The van der Waals surface area contributed by atoms with Gasteiger partial charge in [-0.25, -0.2) is 0 Å². The first-order valence-electron chi connectivity index (χ1n) is 9.93. The van der Waals surface area contributed by atoms with E-state index in [1.165, 1.54) is 49.0 Å². The van der Waals surface area contributed by atoms with Gasteiger partial charge >= 0.3 is 0 Å². The number of ether oxygens (including phenoxy) is 2. The molecule has 1 aromatic heterocycles. The molecule has 0 N–H and O–H groups in total. The van der Waals surface area contributed by atoms with Crippen molar-refractivity contribution in [1.29, 1.82) is 0 Å². The summed E-state index contributed by atoms with van der Waals surface area (Å²) in [6.45, 7) is 10.3. The molecule has 4 heterocycles. The Kier molecular flexibility index (Phi) is 5.98. The molecule has 0 bridgehead atoms. The maximum Gasteiger partial charge on any atom is 0.0735 e. The summed E-state index contributed by atoms with van der Waals surface area (Å²) >= 11 is 0. The highest BCUT2D eigenvalue weighted by atomic mass is 16.5. The number of fused-ring (bicyclic) bond motifs is 1. The lowest BCUT2D eigenvalue weighted by atomic mass is 9.96. The molecular weight excluding hydrogens is 314 g/mol. The highest BCUT2D eigenvalue weighted by Crippen LogP contribution is 2.24. The Bertz CT molecular complexity index is 554. The van der Waals surface area contributed by atoms with Gasteiger partial charge in [0.1, 0.15) is 0 Å². The Morgan fingerprint density at radius 1 is 1.16 bits per heavy atom. The zero-order valence-electron chi connectivity index (χ0n) is 15.3. The van der Waals surface area contributed by atoms with Gasteiger partial charge in [-0.3, -0.25) is 9.88 Å². The third kappa shape index (κ3) is 4.59. The molecule has 5 nitrogen and oxygen atoms in total. The molecule has 25 heavy (non-hydrogen) atoms. The highest BCUT2D eigenvalue weighted by molar-refractivity contribution is 5.33. The van der Waals surface area contributed by atoms with Crippen molar-refractivity contribution in [3.05, 3.63) is 29.1 Å². The van der Waals surface area contributed by atoms with E-state index in [1.807, 2.05) is 6.20 Å². The minimum atomic E-state index is 0.709. The molecule has 1 aromatic rings. The summed E-state index contributed by atoms with van der Waals surface area (Å²) in [4.78, 5) is 9.55. The Labute approximate surface area is 151 Å². The summed E-state index contributed by atoms with van der Waals surface area (Å²) in [7, 11) is 0. The summed E-state index contributed by atoms with van der Waals surface area (Å²) in [6, 6.07) is 0. The Balaban J connectivity index is 1.27. The lowest BCUT2D eigenvalue weighted by Crippen LogP contribution is -2.35. The molecule has 1 atom stereocenters. The van der Waals surface area contributed by atoms with Gasteiger partial charge in [0.05, 0.1) is 19.8 Å². The van der Waals surface area contributed by atoms with Crippen LogP contribution >= 0.6 is 0 Å². The fraction of sp³-hybridized carbons (Fsp3) is 0.750. The van der Waals surface area contributed by atoms with E-state index in [2.05, 4.69) is 21.0 Å². The first-order chi connectivity index (χ1) is 12.4. The van der Waals surface area contributed by atoms with Crippen LogP contribution < -0.4 is 0 Å². The average molecular weight is 345 g/mol. The zero-order valence-corrected chi connectivity index (χ0v) is 15.3. The second kappa shape index (κ2) is 8.58. The monoisotopic (exact) mass is 345 g/mol. The second-order valence-electron chi connectivity index (χ2n) is 7.75. The molecule has 2 fully saturated rings. The van der Waals surface area contributed by atoms with E-state index in [0.29, 0.717) is 12.5 Å². The standard InChI is InChI=1S/C20H31N3O2/c1-2-6-22(5-1)8-10-25-16-19-12-21-11-18-14-23(7-3-20(18)19)13-17-4-9-24-15-17/h11-12,17H,1-10,13-16H2. The van der Waals surface area contributed by atoms with E-state index < -0.39 is 0 Å². The van der Waals surface area contributed by atoms with Crippen LogP contribution in [-0.2, 0) is 29.0 Å². The van der Waals surface area contributed by atoms with Gasteiger partial charge in [-0.2, -0.15) is 0 Å². The van der Waals surface area contributed by atoms with Crippen LogP contribution in [-0.4, -0.2) is 67.3 Å². The van der Waals surface area contributed by atoms with Crippen molar-refractivity contribution in [2.75, 3.05) is 52.5 Å². The lowest BCUT2D eigenvalue weighted by molar-refractivity contribution is 0.0980. The van der Waals surface area contributed by atoms with Crippen LogP contribution in [0.25, 0.3) is 0 Å². The maximum absolute atomic E-state index is 5.97. The molecule has 138 valence electrons. The van der Waals surface area contributed by atoms with E-state index in [1.54, 1.807) is 0 Å². The van der Waals surface area contributed by atoms with Crippen LogP contribution in [0, 0.1) is 5.92 Å². The van der Waals surface area contributed by atoms with E-state index in [4.69, 9.17) is 9.47 Å². The summed E-state index contributed by atoms with van der Waals surface area (Å²) in [6.07, 6.45) is 9.09. The van der Waals surface area contributed by atoms with E-state index in [-0.39, 0.29) is 0 Å². The van der Waals surface area contributed by atoms with Gasteiger partial charge in [-0.05, 0) is 61.4 Å². The lowest BCUT2D eigenvalue weighted by Gasteiger charge is -2.31. The molecule has 5 heteroatoms. The third-order valence-electron chi connectivity index (χ3n) is 5.86. The molecule has 3 aliphatic heterocycles. The number of hydrogen-bond donors (Lipinski definition) is 0. The maximum atomic E-state index is 5.97. The van der Waals surface area contributed by atoms with Gasteiger partial charge in [0.15, 0.2) is 0 Å². The largest absolute Gasteiger partial charge is 0.381 e. The normalized spacial score (nSPS) is 24.7. The first kappa shape index (κ1) is 17.4. The second-order valence-corrected chi connectivity index (χ2v) is 7.75. The molecule has 0 spiro atoms. The molecule has 2 saturated heterocycles. The number of hydrogen-bond acceptors (Lipinski definition) is 5.